The minimum Gasteiger partial charge on any atom is -0.186 e. The normalized spacial score (nSPS) is 12.2. The van der Waals surface area contributed by atoms with Gasteiger partial charge in [-0.1, -0.05) is 55.8 Å². The van der Waals surface area contributed by atoms with E-state index < -0.39 is 0 Å². The van der Waals surface area contributed by atoms with Crippen LogP contribution in [0, 0.1) is 0 Å². The standard InChI is InChI=1S/C14H15ClN4S2/c1-14(2,3)20-8-11-16-17-13-19(11)18-12(21-13)9-5-4-6-10(15)7-9/h4-7H,8H2,1-3H3. The molecule has 21 heavy (non-hydrogen) atoms. The molecule has 1 aromatic carbocycles. The quantitative estimate of drug-likeness (QED) is 0.703. The molecule has 0 aliphatic heterocycles. The van der Waals surface area contributed by atoms with Gasteiger partial charge in [-0.3, -0.25) is 0 Å². The van der Waals surface area contributed by atoms with E-state index in [1.807, 2.05) is 40.5 Å². The Hall–Kier alpha value is -1.11. The second-order valence-corrected chi connectivity index (χ2v) is 8.82. The number of thioether (sulfide) groups is 1. The summed E-state index contributed by atoms with van der Waals surface area (Å²) in [5.74, 6) is 1.68. The first kappa shape index (κ1) is 14.8. The number of halogens is 1. The van der Waals surface area contributed by atoms with E-state index in [-0.39, 0.29) is 4.75 Å². The maximum absolute atomic E-state index is 6.04. The van der Waals surface area contributed by atoms with Crippen molar-refractivity contribution in [2.45, 2.75) is 31.3 Å². The fraction of sp³-hybridized carbons (Fsp3) is 0.357. The van der Waals surface area contributed by atoms with Gasteiger partial charge in [-0.15, -0.1) is 22.0 Å². The van der Waals surface area contributed by atoms with Gasteiger partial charge in [-0.05, 0) is 12.1 Å². The van der Waals surface area contributed by atoms with Gasteiger partial charge in [-0.2, -0.15) is 9.61 Å². The van der Waals surface area contributed by atoms with Crippen LogP contribution in [-0.2, 0) is 5.75 Å². The summed E-state index contributed by atoms with van der Waals surface area (Å²) in [6, 6.07) is 7.70. The number of benzene rings is 1. The van der Waals surface area contributed by atoms with Crippen molar-refractivity contribution in [1.29, 1.82) is 0 Å². The Kier molecular flexibility index (Phi) is 3.94. The second kappa shape index (κ2) is 5.59. The maximum Gasteiger partial charge on any atom is 0.235 e. The average Bonchev–Trinajstić information content (AvgIpc) is 2.95. The van der Waals surface area contributed by atoms with E-state index in [4.69, 9.17) is 11.6 Å². The minimum atomic E-state index is 0.192. The lowest BCUT2D eigenvalue weighted by Gasteiger charge is -2.16. The van der Waals surface area contributed by atoms with Crippen LogP contribution in [0.2, 0.25) is 5.02 Å². The van der Waals surface area contributed by atoms with Gasteiger partial charge < -0.3 is 0 Å². The molecule has 0 fully saturated rings. The predicted octanol–water partition coefficient (Wildman–Crippen LogP) is 4.54. The molecular formula is C14H15ClN4S2. The van der Waals surface area contributed by atoms with E-state index in [0.29, 0.717) is 5.02 Å². The zero-order chi connectivity index (χ0) is 15.0. The van der Waals surface area contributed by atoms with Gasteiger partial charge in [0.15, 0.2) is 5.82 Å². The van der Waals surface area contributed by atoms with E-state index in [1.165, 1.54) is 11.3 Å². The smallest absolute Gasteiger partial charge is 0.186 e. The molecule has 0 N–H and O–H groups in total. The van der Waals surface area contributed by atoms with E-state index >= 15 is 0 Å². The molecule has 0 amide bonds. The highest BCUT2D eigenvalue weighted by Crippen LogP contribution is 2.30. The topological polar surface area (TPSA) is 43.1 Å². The minimum absolute atomic E-state index is 0.192. The summed E-state index contributed by atoms with van der Waals surface area (Å²) in [7, 11) is 0. The second-order valence-electron chi connectivity index (χ2n) is 5.63. The first-order chi connectivity index (χ1) is 9.92. The lowest BCUT2D eigenvalue weighted by Crippen LogP contribution is -2.08. The molecule has 2 heterocycles. The van der Waals surface area contributed by atoms with Crippen LogP contribution in [0.4, 0.5) is 0 Å². The number of rotatable bonds is 3. The molecule has 0 spiro atoms. The monoisotopic (exact) mass is 338 g/mol. The maximum atomic E-state index is 6.04. The molecule has 0 bridgehead atoms. The Balaban J connectivity index is 1.92. The third kappa shape index (κ3) is 3.39. The van der Waals surface area contributed by atoms with Crippen molar-refractivity contribution in [2.24, 2.45) is 0 Å². The third-order valence-corrected chi connectivity index (χ3v) is 5.21. The number of hydrogen-bond donors (Lipinski definition) is 0. The van der Waals surface area contributed by atoms with E-state index in [1.54, 1.807) is 0 Å². The Labute approximate surface area is 136 Å². The fourth-order valence-corrected chi connectivity index (χ4v) is 3.55. The first-order valence-electron chi connectivity index (χ1n) is 6.53. The largest absolute Gasteiger partial charge is 0.235 e. The van der Waals surface area contributed by atoms with Gasteiger partial charge in [0, 0.05) is 15.3 Å². The molecule has 0 saturated heterocycles. The van der Waals surface area contributed by atoms with Crippen LogP contribution in [0.5, 0.6) is 0 Å². The molecule has 3 aromatic rings. The van der Waals surface area contributed by atoms with Crippen molar-refractivity contribution in [3.05, 3.63) is 35.1 Å². The molecule has 2 aromatic heterocycles. The molecule has 0 radical (unpaired) electrons. The van der Waals surface area contributed by atoms with Crippen molar-refractivity contribution in [3.63, 3.8) is 0 Å². The van der Waals surface area contributed by atoms with E-state index in [2.05, 4.69) is 36.1 Å². The van der Waals surface area contributed by atoms with Crippen LogP contribution in [-0.4, -0.2) is 24.6 Å². The summed E-state index contributed by atoms with van der Waals surface area (Å²) < 4.78 is 2.03. The SMILES string of the molecule is CC(C)(C)SCc1nnc2sc(-c3cccc(Cl)c3)nn12. The molecule has 0 saturated carbocycles. The Morgan fingerprint density at radius 2 is 2.10 bits per heavy atom. The van der Waals surface area contributed by atoms with Crippen LogP contribution in [0.1, 0.15) is 26.6 Å². The number of hydrogen-bond acceptors (Lipinski definition) is 5. The molecule has 0 unspecified atom stereocenters. The first-order valence-corrected chi connectivity index (χ1v) is 8.71. The van der Waals surface area contributed by atoms with Crippen LogP contribution in [0.3, 0.4) is 0 Å². The highest BCUT2D eigenvalue weighted by atomic mass is 35.5. The molecule has 3 rings (SSSR count). The highest BCUT2D eigenvalue weighted by molar-refractivity contribution is 7.99. The summed E-state index contributed by atoms with van der Waals surface area (Å²) in [5.41, 5.74) is 1.01. The zero-order valence-corrected chi connectivity index (χ0v) is 14.4. The summed E-state index contributed by atoms with van der Waals surface area (Å²) >= 11 is 9.39. The zero-order valence-electron chi connectivity index (χ0n) is 12.0. The van der Waals surface area contributed by atoms with Gasteiger partial charge in [-0.25, -0.2) is 0 Å². The van der Waals surface area contributed by atoms with Gasteiger partial charge in [0.1, 0.15) is 5.01 Å². The fourth-order valence-electron chi connectivity index (χ4n) is 1.77. The lowest BCUT2D eigenvalue weighted by molar-refractivity contribution is 0.796. The van der Waals surface area contributed by atoms with Gasteiger partial charge in [0.25, 0.3) is 0 Å². The predicted molar refractivity (Wildman–Crippen MR) is 90.2 cm³/mol. The highest BCUT2D eigenvalue weighted by Gasteiger charge is 2.16. The Morgan fingerprint density at radius 3 is 2.81 bits per heavy atom. The molecule has 0 aliphatic rings. The number of aromatic nitrogens is 4. The average molecular weight is 339 g/mol. The van der Waals surface area contributed by atoms with Crippen LogP contribution in [0.15, 0.2) is 24.3 Å². The lowest BCUT2D eigenvalue weighted by atomic mass is 10.2. The van der Waals surface area contributed by atoms with Gasteiger partial charge in [0.2, 0.25) is 4.96 Å². The Bertz CT molecular complexity index is 773. The number of fused-ring (bicyclic) bond motifs is 1. The number of nitrogens with zero attached hydrogens (tertiary/aromatic N) is 4. The van der Waals surface area contributed by atoms with Crippen molar-refractivity contribution >= 4 is 39.7 Å². The van der Waals surface area contributed by atoms with Gasteiger partial charge >= 0.3 is 0 Å². The molecule has 4 nitrogen and oxygen atoms in total. The molecular weight excluding hydrogens is 324 g/mol. The van der Waals surface area contributed by atoms with Crippen molar-refractivity contribution in [3.8, 4) is 10.6 Å². The van der Waals surface area contributed by atoms with Crippen molar-refractivity contribution in [2.75, 3.05) is 0 Å². The van der Waals surface area contributed by atoms with Crippen LogP contribution in [0.25, 0.3) is 15.5 Å². The summed E-state index contributed by atoms with van der Waals surface area (Å²) in [6.07, 6.45) is 0. The molecule has 110 valence electrons. The van der Waals surface area contributed by atoms with E-state index in [9.17, 15) is 0 Å². The summed E-state index contributed by atoms with van der Waals surface area (Å²) in [4.78, 5) is 0.814. The third-order valence-electron chi connectivity index (χ3n) is 2.76. The van der Waals surface area contributed by atoms with Gasteiger partial charge in [0.05, 0.1) is 5.75 Å². The van der Waals surface area contributed by atoms with Crippen molar-refractivity contribution in [1.82, 2.24) is 19.8 Å². The van der Waals surface area contributed by atoms with E-state index in [0.717, 1.165) is 27.1 Å². The van der Waals surface area contributed by atoms with Crippen molar-refractivity contribution < 1.29 is 0 Å². The van der Waals surface area contributed by atoms with Crippen LogP contribution >= 0.6 is 34.7 Å². The molecule has 0 atom stereocenters. The summed E-state index contributed by atoms with van der Waals surface area (Å²) in [5, 5.41) is 14.7. The summed E-state index contributed by atoms with van der Waals surface area (Å²) in [6.45, 7) is 6.57. The molecule has 0 aliphatic carbocycles. The molecule has 7 heteroatoms. The Morgan fingerprint density at radius 1 is 1.29 bits per heavy atom. The van der Waals surface area contributed by atoms with Crippen LogP contribution < -0.4 is 0 Å².